The Bertz CT molecular complexity index is 336. The molecule has 1 rings (SSSR count). The first-order chi connectivity index (χ1) is 7.67. The monoisotopic (exact) mass is 225 g/mol. The van der Waals surface area contributed by atoms with Gasteiger partial charge < -0.3 is 15.6 Å². The van der Waals surface area contributed by atoms with E-state index in [1.165, 1.54) is 0 Å². The molecule has 90 valence electrons. The largest absolute Gasteiger partial charge is 0.361 e. The fourth-order valence-electron chi connectivity index (χ4n) is 1.43. The maximum atomic E-state index is 11.7. The van der Waals surface area contributed by atoms with Crippen LogP contribution in [0.15, 0.2) is 10.6 Å². The van der Waals surface area contributed by atoms with Gasteiger partial charge in [0, 0.05) is 18.7 Å². The summed E-state index contributed by atoms with van der Waals surface area (Å²) in [6, 6.07) is 1.63. The van der Waals surface area contributed by atoms with E-state index in [1.54, 1.807) is 13.0 Å². The fraction of sp³-hybridized carbons (Fsp3) is 0.636. The van der Waals surface area contributed by atoms with E-state index in [0.717, 1.165) is 19.3 Å². The zero-order valence-corrected chi connectivity index (χ0v) is 9.82. The zero-order valence-electron chi connectivity index (χ0n) is 9.82. The molecule has 0 saturated carbocycles. The summed E-state index contributed by atoms with van der Waals surface area (Å²) in [6.07, 6.45) is 3.05. The van der Waals surface area contributed by atoms with E-state index < -0.39 is 0 Å². The van der Waals surface area contributed by atoms with Gasteiger partial charge in [-0.2, -0.15) is 0 Å². The summed E-state index contributed by atoms with van der Waals surface area (Å²) in [4.78, 5) is 11.7. The third-order valence-electron chi connectivity index (χ3n) is 2.39. The topological polar surface area (TPSA) is 81.1 Å². The van der Waals surface area contributed by atoms with Crippen LogP contribution in [-0.4, -0.2) is 23.7 Å². The Kier molecular flexibility index (Phi) is 4.98. The molecule has 5 nitrogen and oxygen atoms in total. The fourth-order valence-corrected chi connectivity index (χ4v) is 1.43. The number of nitrogens with one attached hydrogen (secondary N) is 1. The lowest BCUT2D eigenvalue weighted by Gasteiger charge is -2.15. The van der Waals surface area contributed by atoms with Gasteiger partial charge in [-0.15, -0.1) is 0 Å². The molecule has 0 aromatic carbocycles. The van der Waals surface area contributed by atoms with Crippen molar-refractivity contribution in [3.63, 3.8) is 0 Å². The number of carbonyl (C=O) groups excluding carboxylic acids is 1. The highest BCUT2D eigenvalue weighted by Crippen LogP contribution is 2.04. The Hall–Kier alpha value is -1.36. The number of rotatable bonds is 6. The molecular formula is C11H19N3O2. The van der Waals surface area contributed by atoms with Crippen LogP contribution in [0.4, 0.5) is 0 Å². The summed E-state index contributed by atoms with van der Waals surface area (Å²) in [7, 11) is 0. The summed E-state index contributed by atoms with van der Waals surface area (Å²) in [5.74, 6) is 0.409. The first-order valence-electron chi connectivity index (χ1n) is 5.61. The lowest BCUT2D eigenvalue weighted by atomic mass is 10.1. The molecule has 0 fully saturated rings. The van der Waals surface area contributed by atoms with Gasteiger partial charge in [-0.25, -0.2) is 0 Å². The van der Waals surface area contributed by atoms with Crippen molar-refractivity contribution in [1.29, 1.82) is 0 Å². The number of nitrogens with zero attached hydrogens (tertiary/aromatic N) is 1. The number of hydrogen-bond donors (Lipinski definition) is 2. The smallest absolute Gasteiger partial charge is 0.273 e. The molecule has 0 bridgehead atoms. The van der Waals surface area contributed by atoms with Crippen molar-refractivity contribution in [2.75, 3.05) is 6.54 Å². The van der Waals surface area contributed by atoms with Gasteiger partial charge in [0.05, 0.1) is 0 Å². The molecule has 0 radical (unpaired) electrons. The average Bonchev–Trinajstić information content (AvgIpc) is 2.70. The molecule has 1 unspecified atom stereocenters. The highest BCUT2D eigenvalue weighted by molar-refractivity contribution is 5.92. The summed E-state index contributed by atoms with van der Waals surface area (Å²) in [5, 5.41) is 6.50. The number of nitrogens with two attached hydrogens (primary N) is 1. The second-order valence-corrected chi connectivity index (χ2v) is 3.87. The summed E-state index contributed by atoms with van der Waals surface area (Å²) in [6.45, 7) is 4.31. The number of carbonyl (C=O) groups is 1. The van der Waals surface area contributed by atoms with E-state index in [0.29, 0.717) is 18.0 Å². The molecule has 0 saturated heterocycles. The molecule has 0 aliphatic carbocycles. The highest BCUT2D eigenvalue weighted by Gasteiger charge is 2.14. The van der Waals surface area contributed by atoms with Crippen molar-refractivity contribution >= 4 is 5.91 Å². The van der Waals surface area contributed by atoms with Crippen molar-refractivity contribution in [3.8, 4) is 0 Å². The zero-order chi connectivity index (χ0) is 12.0. The summed E-state index contributed by atoms with van der Waals surface area (Å²) in [5.41, 5.74) is 5.90. The van der Waals surface area contributed by atoms with E-state index in [2.05, 4.69) is 17.4 Å². The van der Waals surface area contributed by atoms with E-state index >= 15 is 0 Å². The Morgan fingerprint density at radius 1 is 1.69 bits per heavy atom. The minimum Gasteiger partial charge on any atom is -0.361 e. The summed E-state index contributed by atoms with van der Waals surface area (Å²) < 4.78 is 4.84. The molecule has 0 spiro atoms. The van der Waals surface area contributed by atoms with Crippen LogP contribution in [0.1, 0.15) is 42.4 Å². The van der Waals surface area contributed by atoms with Crippen LogP contribution in [-0.2, 0) is 0 Å². The van der Waals surface area contributed by atoms with Crippen molar-refractivity contribution in [2.24, 2.45) is 5.73 Å². The quantitative estimate of drug-likeness (QED) is 0.763. The number of aromatic nitrogens is 1. The second-order valence-electron chi connectivity index (χ2n) is 3.87. The Labute approximate surface area is 95.4 Å². The number of hydrogen-bond acceptors (Lipinski definition) is 4. The minimum absolute atomic E-state index is 0.0180. The molecule has 3 N–H and O–H groups in total. The van der Waals surface area contributed by atoms with Crippen molar-refractivity contribution < 1.29 is 9.32 Å². The molecule has 1 amide bonds. The van der Waals surface area contributed by atoms with Crippen LogP contribution >= 0.6 is 0 Å². The molecular weight excluding hydrogens is 206 g/mol. The molecule has 1 aromatic heterocycles. The number of aryl methyl sites for hydroxylation is 1. The molecule has 1 atom stereocenters. The van der Waals surface area contributed by atoms with Crippen LogP contribution in [0.2, 0.25) is 0 Å². The van der Waals surface area contributed by atoms with Crippen molar-refractivity contribution in [2.45, 2.75) is 39.2 Å². The molecule has 0 aliphatic rings. The number of unbranched alkanes of at least 4 members (excludes halogenated alkanes) is 1. The van der Waals surface area contributed by atoms with Crippen molar-refractivity contribution in [1.82, 2.24) is 10.5 Å². The Morgan fingerprint density at radius 3 is 2.94 bits per heavy atom. The highest BCUT2D eigenvalue weighted by atomic mass is 16.5. The minimum atomic E-state index is -0.219. The van der Waals surface area contributed by atoms with Crippen LogP contribution in [0.5, 0.6) is 0 Å². The van der Waals surface area contributed by atoms with Crippen LogP contribution in [0, 0.1) is 6.92 Å². The van der Waals surface area contributed by atoms with E-state index in [4.69, 9.17) is 10.3 Å². The number of amides is 1. The van der Waals surface area contributed by atoms with Gasteiger partial charge in [0.15, 0.2) is 5.69 Å². The van der Waals surface area contributed by atoms with Crippen LogP contribution < -0.4 is 11.1 Å². The van der Waals surface area contributed by atoms with Gasteiger partial charge in [-0.1, -0.05) is 24.9 Å². The molecule has 16 heavy (non-hydrogen) atoms. The molecule has 0 aliphatic heterocycles. The van der Waals surface area contributed by atoms with Gasteiger partial charge in [-0.3, -0.25) is 4.79 Å². The SMILES string of the molecule is CCCCC(CN)NC(=O)c1cc(C)on1. The standard InChI is InChI=1S/C11H19N3O2/c1-3-4-5-9(7-12)13-11(15)10-6-8(2)16-14-10/h6,9H,3-5,7,12H2,1-2H3,(H,13,15). The third kappa shape index (κ3) is 3.66. The van der Waals surface area contributed by atoms with Gasteiger partial charge in [-0.05, 0) is 13.3 Å². The van der Waals surface area contributed by atoms with Crippen LogP contribution in [0.3, 0.4) is 0 Å². The van der Waals surface area contributed by atoms with E-state index in [-0.39, 0.29) is 11.9 Å². The molecule has 5 heteroatoms. The van der Waals surface area contributed by atoms with Crippen LogP contribution in [0.25, 0.3) is 0 Å². The first kappa shape index (κ1) is 12.7. The van der Waals surface area contributed by atoms with E-state index in [9.17, 15) is 4.79 Å². The lowest BCUT2D eigenvalue weighted by Crippen LogP contribution is -2.40. The van der Waals surface area contributed by atoms with E-state index in [1.807, 2.05) is 0 Å². The average molecular weight is 225 g/mol. The van der Waals surface area contributed by atoms with Gasteiger partial charge in [0.1, 0.15) is 5.76 Å². The molecule has 1 heterocycles. The lowest BCUT2D eigenvalue weighted by molar-refractivity contribution is 0.0926. The van der Waals surface area contributed by atoms with Crippen molar-refractivity contribution in [3.05, 3.63) is 17.5 Å². The molecule has 1 aromatic rings. The summed E-state index contributed by atoms with van der Waals surface area (Å²) >= 11 is 0. The third-order valence-corrected chi connectivity index (χ3v) is 2.39. The Morgan fingerprint density at radius 2 is 2.44 bits per heavy atom. The van der Waals surface area contributed by atoms with Gasteiger partial charge in [0.25, 0.3) is 5.91 Å². The second kappa shape index (κ2) is 6.27. The maximum Gasteiger partial charge on any atom is 0.273 e. The van der Waals surface area contributed by atoms with Gasteiger partial charge >= 0.3 is 0 Å². The first-order valence-corrected chi connectivity index (χ1v) is 5.61. The maximum absolute atomic E-state index is 11.7. The van der Waals surface area contributed by atoms with Gasteiger partial charge in [0.2, 0.25) is 0 Å². The normalized spacial score (nSPS) is 12.4. The predicted octanol–water partition coefficient (Wildman–Crippen LogP) is 1.23. The Balaban J connectivity index is 2.48. The predicted molar refractivity (Wildman–Crippen MR) is 61.1 cm³/mol.